The second-order valence-electron chi connectivity index (χ2n) is 5.67. The van der Waals surface area contributed by atoms with Crippen LogP contribution >= 0.6 is 0 Å². The smallest absolute Gasteiger partial charge is 0.317 e. The van der Waals surface area contributed by atoms with Gasteiger partial charge in [-0.3, -0.25) is 14.4 Å². The number of methoxy groups -OCH3 is 1. The number of ether oxygens (including phenoxy) is 1. The number of hydrogen-bond donors (Lipinski definition) is 0. The molecular formula is C13H14O4. The molecule has 0 bridgehead atoms. The van der Waals surface area contributed by atoms with E-state index in [4.69, 9.17) is 4.74 Å². The van der Waals surface area contributed by atoms with Crippen LogP contribution in [0, 0.1) is 28.6 Å². The van der Waals surface area contributed by atoms with Gasteiger partial charge in [0.1, 0.15) is 11.2 Å². The summed E-state index contributed by atoms with van der Waals surface area (Å²) in [6.07, 6.45) is 3.59. The van der Waals surface area contributed by atoms with E-state index in [2.05, 4.69) is 0 Å². The number of allylic oxidation sites excluding steroid dienone is 1. The van der Waals surface area contributed by atoms with Gasteiger partial charge in [-0.1, -0.05) is 12.2 Å². The Kier molecular flexibility index (Phi) is 1.69. The van der Waals surface area contributed by atoms with Gasteiger partial charge in [-0.15, -0.1) is 0 Å². The highest BCUT2D eigenvalue weighted by Gasteiger charge is 2.78. The highest BCUT2D eigenvalue weighted by Crippen LogP contribution is 2.69. The van der Waals surface area contributed by atoms with Gasteiger partial charge >= 0.3 is 5.97 Å². The lowest BCUT2D eigenvalue weighted by Gasteiger charge is -2.57. The normalized spacial score (nSPS) is 44.5. The maximum absolute atomic E-state index is 12.3. The molecule has 3 aliphatic carbocycles. The summed E-state index contributed by atoms with van der Waals surface area (Å²) in [5, 5.41) is 0. The molecule has 0 amide bonds. The summed E-state index contributed by atoms with van der Waals surface area (Å²) in [5.41, 5.74) is -1.78. The molecule has 3 aliphatic rings. The molecule has 3 rings (SSSR count). The van der Waals surface area contributed by atoms with E-state index in [9.17, 15) is 14.4 Å². The first-order valence-electron chi connectivity index (χ1n) is 5.75. The Morgan fingerprint density at radius 2 is 1.94 bits per heavy atom. The van der Waals surface area contributed by atoms with Crippen molar-refractivity contribution in [2.45, 2.75) is 13.8 Å². The van der Waals surface area contributed by atoms with Crippen LogP contribution in [0.3, 0.4) is 0 Å². The summed E-state index contributed by atoms with van der Waals surface area (Å²) in [6.45, 7) is 3.31. The maximum atomic E-state index is 12.3. The summed E-state index contributed by atoms with van der Waals surface area (Å²) >= 11 is 0. The Balaban J connectivity index is 2.07. The Hall–Kier alpha value is -1.45. The van der Waals surface area contributed by atoms with E-state index in [1.165, 1.54) is 7.11 Å². The van der Waals surface area contributed by atoms with Crippen molar-refractivity contribution in [1.82, 2.24) is 0 Å². The molecule has 0 aromatic rings. The van der Waals surface area contributed by atoms with Gasteiger partial charge in [-0.25, -0.2) is 0 Å². The zero-order valence-corrected chi connectivity index (χ0v) is 10.0. The minimum atomic E-state index is -0.949. The van der Waals surface area contributed by atoms with Crippen molar-refractivity contribution in [2.75, 3.05) is 7.11 Å². The monoisotopic (exact) mass is 234 g/mol. The fraction of sp³-hybridized carbons (Fsp3) is 0.615. The van der Waals surface area contributed by atoms with E-state index < -0.39 is 16.7 Å². The van der Waals surface area contributed by atoms with Crippen molar-refractivity contribution in [3.63, 3.8) is 0 Å². The quantitative estimate of drug-likeness (QED) is 0.382. The number of ketones is 2. The maximum Gasteiger partial charge on any atom is 0.317 e. The minimum Gasteiger partial charge on any atom is -0.468 e. The number of rotatable bonds is 1. The lowest BCUT2D eigenvalue weighted by molar-refractivity contribution is -0.178. The lowest BCUT2D eigenvalue weighted by atomic mass is 9.42. The second-order valence-corrected chi connectivity index (χ2v) is 5.67. The molecule has 4 heteroatoms. The molecule has 0 spiro atoms. The Morgan fingerprint density at radius 1 is 1.29 bits per heavy atom. The molecule has 0 unspecified atom stereocenters. The second kappa shape index (κ2) is 2.68. The van der Waals surface area contributed by atoms with Gasteiger partial charge in [0.25, 0.3) is 0 Å². The number of carbonyl (C=O) groups is 3. The van der Waals surface area contributed by atoms with Crippen LogP contribution in [0.2, 0.25) is 0 Å². The molecule has 2 saturated carbocycles. The summed E-state index contributed by atoms with van der Waals surface area (Å²) in [5.74, 6) is -1.45. The van der Waals surface area contributed by atoms with Crippen LogP contribution in [0.5, 0.6) is 0 Å². The van der Waals surface area contributed by atoms with E-state index in [0.29, 0.717) is 0 Å². The Bertz CT molecular complexity index is 488. The van der Waals surface area contributed by atoms with E-state index in [0.717, 1.165) is 0 Å². The first-order valence-corrected chi connectivity index (χ1v) is 5.75. The summed E-state index contributed by atoms with van der Waals surface area (Å²) in [7, 11) is 1.32. The Labute approximate surface area is 99.0 Å². The van der Waals surface area contributed by atoms with Gasteiger partial charge in [0, 0.05) is 17.8 Å². The molecule has 4 atom stereocenters. The van der Waals surface area contributed by atoms with E-state index >= 15 is 0 Å². The highest BCUT2D eigenvalue weighted by atomic mass is 16.5. The number of Topliss-reactive ketones (excluding diaryl/α,β-unsaturated/α-hetero) is 2. The zero-order valence-electron chi connectivity index (χ0n) is 10.0. The van der Waals surface area contributed by atoms with Crippen LogP contribution in [-0.2, 0) is 19.1 Å². The first kappa shape index (κ1) is 10.7. The highest BCUT2D eigenvalue weighted by molar-refractivity contribution is 6.19. The van der Waals surface area contributed by atoms with Gasteiger partial charge in [0.05, 0.1) is 12.5 Å². The molecule has 0 N–H and O–H groups in total. The molecule has 0 saturated heterocycles. The molecule has 0 heterocycles. The van der Waals surface area contributed by atoms with Crippen molar-refractivity contribution in [2.24, 2.45) is 28.6 Å². The molecule has 90 valence electrons. The van der Waals surface area contributed by atoms with Gasteiger partial charge in [0.2, 0.25) is 0 Å². The third-order valence-electron chi connectivity index (χ3n) is 4.75. The molecule has 2 fully saturated rings. The average molecular weight is 234 g/mol. The average Bonchev–Trinajstić information content (AvgIpc) is 2.41. The van der Waals surface area contributed by atoms with E-state index in [-0.39, 0.29) is 29.4 Å². The van der Waals surface area contributed by atoms with Crippen molar-refractivity contribution < 1.29 is 19.1 Å². The third kappa shape index (κ3) is 0.830. The van der Waals surface area contributed by atoms with Crippen molar-refractivity contribution in [3.8, 4) is 0 Å². The van der Waals surface area contributed by atoms with Gasteiger partial charge in [-0.05, 0) is 13.8 Å². The number of hydrogen-bond acceptors (Lipinski definition) is 4. The molecule has 17 heavy (non-hydrogen) atoms. The molecular weight excluding hydrogens is 220 g/mol. The molecule has 0 aliphatic heterocycles. The van der Waals surface area contributed by atoms with E-state index in [1.807, 2.05) is 6.08 Å². The topological polar surface area (TPSA) is 60.4 Å². The summed E-state index contributed by atoms with van der Waals surface area (Å²) in [6, 6.07) is 0. The molecule has 0 radical (unpaired) electrons. The van der Waals surface area contributed by atoms with Crippen molar-refractivity contribution in [3.05, 3.63) is 12.2 Å². The number of esters is 1. The first-order chi connectivity index (χ1) is 7.89. The van der Waals surface area contributed by atoms with Crippen LogP contribution < -0.4 is 0 Å². The zero-order chi connectivity index (χ0) is 12.6. The van der Waals surface area contributed by atoms with Crippen LogP contribution in [0.4, 0.5) is 0 Å². The third-order valence-corrected chi connectivity index (χ3v) is 4.75. The van der Waals surface area contributed by atoms with Crippen LogP contribution in [-0.4, -0.2) is 24.6 Å². The largest absolute Gasteiger partial charge is 0.468 e. The van der Waals surface area contributed by atoms with Gasteiger partial charge in [0.15, 0.2) is 5.78 Å². The fourth-order valence-corrected chi connectivity index (χ4v) is 3.66. The Morgan fingerprint density at radius 3 is 2.41 bits per heavy atom. The lowest BCUT2D eigenvalue weighted by Crippen LogP contribution is -2.64. The standard InChI is InChI=1S/C13H14O4/c1-12(2)9(14)7-6-4-5-13(6,11(16)17-3)8(7)10(12)15/h4-8H,1-3H3/t6-,7+,8-,13+/m0/s1. The van der Waals surface area contributed by atoms with Crippen molar-refractivity contribution in [1.29, 1.82) is 0 Å². The van der Waals surface area contributed by atoms with E-state index in [1.54, 1.807) is 19.9 Å². The molecule has 4 nitrogen and oxygen atoms in total. The number of carbonyl (C=O) groups excluding carboxylic acids is 3. The molecule has 0 aromatic heterocycles. The minimum absolute atomic E-state index is 0.0265. The van der Waals surface area contributed by atoms with Crippen molar-refractivity contribution >= 4 is 17.5 Å². The van der Waals surface area contributed by atoms with Gasteiger partial charge < -0.3 is 4.74 Å². The summed E-state index contributed by atoms with van der Waals surface area (Å²) < 4.78 is 4.79. The van der Waals surface area contributed by atoms with Crippen LogP contribution in [0.1, 0.15) is 13.8 Å². The predicted molar refractivity (Wildman–Crippen MR) is 57.9 cm³/mol. The molecule has 0 aromatic carbocycles. The SMILES string of the molecule is COC(=O)[C@]12C=C[C@H]1[C@H]1C(=O)C(C)(C)C(=O)[C@H]12. The predicted octanol–water partition coefficient (Wildman–Crippen LogP) is 0.756. The van der Waals surface area contributed by atoms with Gasteiger partial charge in [-0.2, -0.15) is 0 Å². The van der Waals surface area contributed by atoms with Crippen LogP contribution in [0.15, 0.2) is 12.2 Å². The van der Waals surface area contributed by atoms with Crippen LogP contribution in [0.25, 0.3) is 0 Å². The summed E-state index contributed by atoms with van der Waals surface area (Å²) in [4.78, 5) is 36.2. The number of fused-ring (bicyclic) bond motifs is 4. The fourth-order valence-electron chi connectivity index (χ4n) is 3.66.